The third-order valence-corrected chi connectivity index (χ3v) is 6.84. The van der Waals surface area contributed by atoms with Crippen LogP contribution in [0.25, 0.3) is 44.8 Å². The lowest BCUT2D eigenvalue weighted by molar-refractivity contribution is 0.745. The minimum Gasteiger partial charge on any atom is -0.308 e. The summed E-state index contributed by atoms with van der Waals surface area (Å²) in [5.41, 5.74) is 11.6. The van der Waals surface area contributed by atoms with Gasteiger partial charge in [-0.25, -0.2) is 9.97 Å². The van der Waals surface area contributed by atoms with Crippen LogP contribution in [0.3, 0.4) is 0 Å². The molecule has 0 spiro atoms. The number of imidazole rings is 1. The molecule has 0 saturated heterocycles. The van der Waals surface area contributed by atoms with Crippen LogP contribution in [0.4, 0.5) is 0 Å². The largest absolute Gasteiger partial charge is 0.308 e. The van der Waals surface area contributed by atoms with Crippen molar-refractivity contribution < 1.29 is 0 Å². The Morgan fingerprint density at radius 2 is 1.63 bits per heavy atom. The molecule has 1 N–H and O–H groups in total. The number of benzene rings is 2. The molecule has 4 aromatic heterocycles. The molecule has 0 aliphatic heterocycles. The Labute approximate surface area is 220 Å². The molecule has 0 unspecified atom stereocenters. The molecule has 188 valence electrons. The SMILES string of the molecule is CCc1nc2c(C)cc(C)nc2n1Cc1ccc(-c2cc(-c3cncc(C)c3)ccc2-c2nn[nH]n2)cc1. The lowest BCUT2D eigenvalue weighted by atomic mass is 9.94. The molecule has 0 aliphatic rings. The number of aromatic amines is 1. The topological polar surface area (TPSA) is 98.1 Å². The number of rotatable bonds is 6. The molecule has 0 atom stereocenters. The van der Waals surface area contributed by atoms with Crippen LogP contribution < -0.4 is 0 Å². The number of nitrogens with zero attached hydrogens (tertiary/aromatic N) is 7. The summed E-state index contributed by atoms with van der Waals surface area (Å²) in [6.45, 7) is 9.04. The van der Waals surface area contributed by atoms with E-state index >= 15 is 0 Å². The van der Waals surface area contributed by atoms with Crippen molar-refractivity contribution in [3.05, 3.63) is 95.2 Å². The minimum absolute atomic E-state index is 0.562. The summed E-state index contributed by atoms with van der Waals surface area (Å²) in [6, 6.07) is 19.2. The van der Waals surface area contributed by atoms with Crippen LogP contribution in [0.2, 0.25) is 0 Å². The van der Waals surface area contributed by atoms with Crippen LogP contribution >= 0.6 is 0 Å². The highest BCUT2D eigenvalue weighted by molar-refractivity contribution is 5.85. The second-order valence-electron chi connectivity index (χ2n) is 9.66. The monoisotopic (exact) mass is 500 g/mol. The molecule has 8 heteroatoms. The first-order valence-electron chi connectivity index (χ1n) is 12.7. The molecule has 6 rings (SSSR count). The molecule has 38 heavy (non-hydrogen) atoms. The van der Waals surface area contributed by atoms with Crippen LogP contribution in [-0.4, -0.2) is 40.1 Å². The first-order chi connectivity index (χ1) is 18.5. The quantitative estimate of drug-likeness (QED) is 0.307. The van der Waals surface area contributed by atoms with Gasteiger partial charge in [0.1, 0.15) is 11.3 Å². The number of nitrogens with one attached hydrogen (secondary N) is 1. The standard InChI is InChI=1S/C30H28N8/c1-5-27-33-28-19(3)13-20(4)32-30(28)38(27)17-21-6-8-22(9-7-21)26-14-23(24-12-18(2)15-31-16-24)10-11-25(26)29-34-36-37-35-29/h6-16H,5,17H2,1-4H3,(H,34,35,36,37). The highest BCUT2D eigenvalue weighted by Crippen LogP contribution is 2.34. The number of hydrogen-bond acceptors (Lipinski definition) is 6. The lowest BCUT2D eigenvalue weighted by Gasteiger charge is -2.12. The number of hydrogen-bond donors (Lipinski definition) is 1. The van der Waals surface area contributed by atoms with E-state index < -0.39 is 0 Å². The molecule has 0 radical (unpaired) electrons. The Hall–Kier alpha value is -4.72. The van der Waals surface area contributed by atoms with Gasteiger partial charge in [-0.3, -0.25) is 4.98 Å². The summed E-state index contributed by atoms with van der Waals surface area (Å²) in [4.78, 5) is 14.1. The molecule has 0 aliphatic carbocycles. The van der Waals surface area contributed by atoms with E-state index in [-0.39, 0.29) is 0 Å². The van der Waals surface area contributed by atoms with Crippen LogP contribution in [0.15, 0.2) is 67.0 Å². The highest BCUT2D eigenvalue weighted by atomic mass is 15.5. The van der Waals surface area contributed by atoms with Gasteiger partial charge in [0.15, 0.2) is 5.65 Å². The predicted molar refractivity (Wildman–Crippen MR) is 148 cm³/mol. The Balaban J connectivity index is 1.40. The molecule has 0 amide bonds. The van der Waals surface area contributed by atoms with E-state index in [9.17, 15) is 0 Å². The van der Waals surface area contributed by atoms with Gasteiger partial charge in [0.05, 0.1) is 6.54 Å². The highest BCUT2D eigenvalue weighted by Gasteiger charge is 2.16. The average Bonchev–Trinajstić information content (AvgIpc) is 3.58. The van der Waals surface area contributed by atoms with Crippen LogP contribution in [0, 0.1) is 20.8 Å². The third kappa shape index (κ3) is 4.34. The zero-order chi connectivity index (χ0) is 26.2. The molecule has 0 fully saturated rings. The maximum Gasteiger partial charge on any atom is 0.205 e. The van der Waals surface area contributed by atoms with Crippen molar-refractivity contribution in [2.24, 2.45) is 0 Å². The van der Waals surface area contributed by atoms with Crippen molar-refractivity contribution in [2.45, 2.75) is 40.7 Å². The molecule has 0 saturated carbocycles. The fourth-order valence-electron chi connectivity index (χ4n) is 5.00. The van der Waals surface area contributed by atoms with Crippen LogP contribution in [0.1, 0.15) is 35.1 Å². The lowest BCUT2D eigenvalue weighted by Crippen LogP contribution is -2.05. The molecule has 0 bridgehead atoms. The van der Waals surface area contributed by atoms with Crippen molar-refractivity contribution in [1.29, 1.82) is 0 Å². The van der Waals surface area contributed by atoms with Gasteiger partial charge in [-0.1, -0.05) is 37.3 Å². The van der Waals surface area contributed by atoms with Crippen molar-refractivity contribution in [1.82, 2.24) is 40.1 Å². The summed E-state index contributed by atoms with van der Waals surface area (Å²) < 4.78 is 2.24. The minimum atomic E-state index is 0.562. The summed E-state index contributed by atoms with van der Waals surface area (Å²) in [5, 5.41) is 14.8. The summed E-state index contributed by atoms with van der Waals surface area (Å²) in [7, 11) is 0. The van der Waals surface area contributed by atoms with Gasteiger partial charge in [0, 0.05) is 35.6 Å². The second kappa shape index (κ2) is 9.63. The maximum atomic E-state index is 4.89. The molecule has 4 heterocycles. The van der Waals surface area contributed by atoms with Crippen molar-refractivity contribution in [2.75, 3.05) is 0 Å². The van der Waals surface area contributed by atoms with Gasteiger partial charge in [0.2, 0.25) is 5.82 Å². The van der Waals surface area contributed by atoms with E-state index in [4.69, 9.17) is 9.97 Å². The number of tetrazole rings is 1. The molecule has 2 aromatic carbocycles. The van der Waals surface area contributed by atoms with Crippen molar-refractivity contribution in [3.63, 3.8) is 0 Å². The molecule has 8 nitrogen and oxygen atoms in total. The normalized spacial score (nSPS) is 11.4. The second-order valence-corrected chi connectivity index (χ2v) is 9.66. The zero-order valence-corrected chi connectivity index (χ0v) is 21.9. The van der Waals surface area contributed by atoms with Gasteiger partial charge in [-0.15, -0.1) is 10.2 Å². The van der Waals surface area contributed by atoms with Gasteiger partial charge < -0.3 is 4.57 Å². The number of aromatic nitrogens is 8. The van der Waals surface area contributed by atoms with Gasteiger partial charge in [-0.05, 0) is 83.6 Å². The fourth-order valence-corrected chi connectivity index (χ4v) is 5.00. The smallest absolute Gasteiger partial charge is 0.205 e. The Morgan fingerprint density at radius 1 is 0.816 bits per heavy atom. The van der Waals surface area contributed by atoms with Gasteiger partial charge >= 0.3 is 0 Å². The average molecular weight is 501 g/mol. The Kier molecular flexibility index (Phi) is 5.99. The van der Waals surface area contributed by atoms with Crippen LogP contribution in [-0.2, 0) is 13.0 Å². The first kappa shape index (κ1) is 23.7. The van der Waals surface area contributed by atoms with E-state index in [1.54, 1.807) is 0 Å². The maximum absolute atomic E-state index is 4.89. The Bertz CT molecular complexity index is 1750. The fraction of sp³-hybridized carbons (Fsp3) is 0.200. The predicted octanol–water partition coefficient (Wildman–Crippen LogP) is 5.88. The van der Waals surface area contributed by atoms with Gasteiger partial charge in [-0.2, -0.15) is 5.21 Å². The van der Waals surface area contributed by atoms with E-state index in [1.807, 2.05) is 25.4 Å². The number of pyridine rings is 2. The van der Waals surface area contributed by atoms with E-state index in [2.05, 4.69) is 99.5 Å². The third-order valence-electron chi connectivity index (χ3n) is 6.84. The summed E-state index contributed by atoms with van der Waals surface area (Å²) in [5.74, 6) is 1.61. The molecule has 6 aromatic rings. The van der Waals surface area contributed by atoms with E-state index in [1.165, 1.54) is 5.56 Å². The summed E-state index contributed by atoms with van der Waals surface area (Å²) in [6.07, 6.45) is 4.60. The van der Waals surface area contributed by atoms with E-state index in [0.29, 0.717) is 12.4 Å². The summed E-state index contributed by atoms with van der Waals surface area (Å²) >= 11 is 0. The number of H-pyrrole nitrogens is 1. The first-order valence-corrected chi connectivity index (χ1v) is 12.7. The number of aryl methyl sites for hydroxylation is 4. The zero-order valence-electron chi connectivity index (χ0n) is 21.9. The van der Waals surface area contributed by atoms with E-state index in [0.717, 1.165) is 68.0 Å². The van der Waals surface area contributed by atoms with Crippen molar-refractivity contribution >= 4 is 11.2 Å². The number of fused-ring (bicyclic) bond motifs is 1. The van der Waals surface area contributed by atoms with Crippen LogP contribution in [0.5, 0.6) is 0 Å². The molecular weight excluding hydrogens is 472 g/mol. The molecular formula is C30H28N8. The van der Waals surface area contributed by atoms with Gasteiger partial charge in [0.25, 0.3) is 0 Å². The van der Waals surface area contributed by atoms with Crippen molar-refractivity contribution in [3.8, 4) is 33.6 Å². The Morgan fingerprint density at radius 3 is 2.37 bits per heavy atom.